The quantitative estimate of drug-likeness (QED) is 0.675. The number of imide groups is 1. The number of nitrogens with zero attached hydrogens (tertiary/aromatic N) is 3. The number of carbonyl (C=O) groups is 3. The maximum Gasteiger partial charge on any atom is 0.261 e. The van der Waals surface area contributed by atoms with E-state index in [0.29, 0.717) is 16.8 Å². The van der Waals surface area contributed by atoms with E-state index in [9.17, 15) is 18.8 Å². The van der Waals surface area contributed by atoms with Gasteiger partial charge in [-0.15, -0.1) is 0 Å². The van der Waals surface area contributed by atoms with Crippen LogP contribution in [0.25, 0.3) is 5.69 Å². The van der Waals surface area contributed by atoms with Crippen molar-refractivity contribution in [3.05, 3.63) is 82.4 Å². The molecular formula is C22H19FN4O3. The predicted octanol–water partition coefficient (Wildman–Crippen LogP) is 3.04. The van der Waals surface area contributed by atoms with Crippen molar-refractivity contribution in [2.24, 2.45) is 0 Å². The largest absolute Gasteiger partial charge is 0.345 e. The van der Waals surface area contributed by atoms with Crippen LogP contribution in [0.5, 0.6) is 0 Å². The van der Waals surface area contributed by atoms with Gasteiger partial charge in [0.2, 0.25) is 0 Å². The maximum atomic E-state index is 13.2. The van der Waals surface area contributed by atoms with Crippen molar-refractivity contribution in [1.29, 1.82) is 0 Å². The molecule has 152 valence electrons. The lowest BCUT2D eigenvalue weighted by Crippen LogP contribution is -2.27. The molecule has 1 atom stereocenters. The van der Waals surface area contributed by atoms with Gasteiger partial charge in [0.25, 0.3) is 17.7 Å². The van der Waals surface area contributed by atoms with Gasteiger partial charge >= 0.3 is 0 Å². The SMILES string of the molecule is Cc1c(C(C)NC(=O)c2ccc3c(c2)C(=O)N(C)C3=O)cnn1-c1ccc(F)cc1. The van der Waals surface area contributed by atoms with E-state index < -0.39 is 5.91 Å². The van der Waals surface area contributed by atoms with Crippen LogP contribution in [0.2, 0.25) is 0 Å². The minimum atomic E-state index is -0.422. The molecule has 0 spiro atoms. The van der Waals surface area contributed by atoms with Crippen molar-refractivity contribution < 1.29 is 18.8 Å². The van der Waals surface area contributed by atoms with Gasteiger partial charge in [-0.3, -0.25) is 19.3 Å². The van der Waals surface area contributed by atoms with E-state index in [4.69, 9.17) is 0 Å². The first kappa shape index (κ1) is 19.5. The second kappa shape index (κ2) is 7.22. The summed E-state index contributed by atoms with van der Waals surface area (Å²) in [5, 5.41) is 7.24. The van der Waals surface area contributed by atoms with Crippen LogP contribution in [0.15, 0.2) is 48.7 Å². The number of halogens is 1. The third-order valence-electron chi connectivity index (χ3n) is 5.28. The molecule has 4 rings (SSSR count). The summed E-state index contributed by atoms with van der Waals surface area (Å²) < 4.78 is 14.8. The normalized spacial score (nSPS) is 14.1. The Balaban J connectivity index is 1.55. The summed E-state index contributed by atoms with van der Waals surface area (Å²) >= 11 is 0. The summed E-state index contributed by atoms with van der Waals surface area (Å²) in [6.07, 6.45) is 1.66. The first-order valence-electron chi connectivity index (χ1n) is 9.35. The Labute approximate surface area is 172 Å². The van der Waals surface area contributed by atoms with Crippen molar-refractivity contribution in [2.45, 2.75) is 19.9 Å². The van der Waals surface area contributed by atoms with Gasteiger partial charge in [-0.2, -0.15) is 5.10 Å². The van der Waals surface area contributed by atoms with Gasteiger partial charge in [-0.25, -0.2) is 9.07 Å². The number of aromatic nitrogens is 2. The summed E-state index contributed by atoms with van der Waals surface area (Å²) in [5.41, 5.74) is 3.14. The first-order valence-corrected chi connectivity index (χ1v) is 9.35. The van der Waals surface area contributed by atoms with E-state index in [-0.39, 0.29) is 29.2 Å². The predicted molar refractivity (Wildman–Crippen MR) is 107 cm³/mol. The molecule has 0 saturated heterocycles. The molecule has 3 amide bonds. The number of carbonyl (C=O) groups excluding carboxylic acids is 3. The van der Waals surface area contributed by atoms with Crippen molar-refractivity contribution in [2.75, 3.05) is 7.05 Å². The number of hydrogen-bond donors (Lipinski definition) is 1. The molecule has 0 bridgehead atoms. The van der Waals surface area contributed by atoms with E-state index in [2.05, 4.69) is 10.4 Å². The third kappa shape index (κ3) is 3.16. The number of nitrogens with one attached hydrogen (secondary N) is 1. The van der Waals surface area contributed by atoms with Crippen LogP contribution in [0, 0.1) is 12.7 Å². The molecule has 0 saturated carbocycles. The molecule has 0 radical (unpaired) electrons. The molecule has 0 aliphatic carbocycles. The Morgan fingerprint density at radius 1 is 1.07 bits per heavy atom. The lowest BCUT2D eigenvalue weighted by Gasteiger charge is -2.14. The van der Waals surface area contributed by atoms with Crippen LogP contribution in [0.3, 0.4) is 0 Å². The van der Waals surface area contributed by atoms with Crippen LogP contribution in [0.4, 0.5) is 4.39 Å². The molecule has 2 aromatic carbocycles. The van der Waals surface area contributed by atoms with Gasteiger partial charge in [-0.1, -0.05) is 0 Å². The molecule has 2 heterocycles. The van der Waals surface area contributed by atoms with E-state index >= 15 is 0 Å². The summed E-state index contributed by atoms with van der Waals surface area (Å²) in [6.45, 7) is 3.69. The number of fused-ring (bicyclic) bond motifs is 1. The highest BCUT2D eigenvalue weighted by atomic mass is 19.1. The zero-order chi connectivity index (χ0) is 21.6. The van der Waals surface area contributed by atoms with E-state index in [1.165, 1.54) is 37.4 Å². The Morgan fingerprint density at radius 3 is 2.43 bits per heavy atom. The molecule has 1 N–H and O–H groups in total. The van der Waals surface area contributed by atoms with Gasteiger partial charge in [0.05, 0.1) is 29.1 Å². The molecule has 7 nitrogen and oxygen atoms in total. The second-order valence-corrected chi connectivity index (χ2v) is 7.20. The second-order valence-electron chi connectivity index (χ2n) is 7.20. The molecule has 3 aromatic rings. The fraction of sp³-hybridized carbons (Fsp3) is 0.182. The monoisotopic (exact) mass is 406 g/mol. The van der Waals surface area contributed by atoms with E-state index in [1.807, 2.05) is 13.8 Å². The molecule has 1 unspecified atom stereocenters. The lowest BCUT2D eigenvalue weighted by atomic mass is 10.0. The molecule has 0 fully saturated rings. The summed E-state index contributed by atoms with van der Waals surface area (Å²) in [6, 6.07) is 10.1. The van der Waals surface area contributed by atoms with Crippen LogP contribution < -0.4 is 5.32 Å². The lowest BCUT2D eigenvalue weighted by molar-refractivity contribution is 0.0693. The van der Waals surface area contributed by atoms with Gasteiger partial charge in [0, 0.05) is 23.9 Å². The van der Waals surface area contributed by atoms with E-state index in [1.54, 1.807) is 23.0 Å². The molecule has 1 aromatic heterocycles. The first-order chi connectivity index (χ1) is 14.3. The highest BCUT2D eigenvalue weighted by molar-refractivity contribution is 6.21. The van der Waals surface area contributed by atoms with Crippen molar-refractivity contribution in [3.8, 4) is 5.69 Å². The third-order valence-corrected chi connectivity index (χ3v) is 5.28. The highest BCUT2D eigenvalue weighted by Gasteiger charge is 2.33. The zero-order valence-corrected chi connectivity index (χ0v) is 16.6. The fourth-order valence-electron chi connectivity index (χ4n) is 3.55. The average molecular weight is 406 g/mol. The molecule has 8 heteroatoms. The van der Waals surface area contributed by atoms with Crippen molar-refractivity contribution >= 4 is 17.7 Å². The van der Waals surface area contributed by atoms with Gasteiger partial charge in [-0.05, 0) is 56.3 Å². The number of hydrogen-bond acceptors (Lipinski definition) is 4. The van der Waals surface area contributed by atoms with Crippen LogP contribution in [-0.4, -0.2) is 39.4 Å². The minimum Gasteiger partial charge on any atom is -0.345 e. The highest BCUT2D eigenvalue weighted by Crippen LogP contribution is 2.24. The number of benzene rings is 2. The summed E-state index contributed by atoms with van der Waals surface area (Å²) in [7, 11) is 1.41. The van der Waals surface area contributed by atoms with Crippen LogP contribution >= 0.6 is 0 Å². The van der Waals surface area contributed by atoms with Gasteiger partial charge in [0.15, 0.2) is 0 Å². The topological polar surface area (TPSA) is 84.3 Å². The number of amides is 3. The maximum absolute atomic E-state index is 13.2. The fourth-order valence-corrected chi connectivity index (χ4v) is 3.55. The van der Waals surface area contributed by atoms with Gasteiger partial charge < -0.3 is 5.32 Å². The van der Waals surface area contributed by atoms with Crippen molar-refractivity contribution in [3.63, 3.8) is 0 Å². The Hall–Kier alpha value is -3.81. The van der Waals surface area contributed by atoms with Crippen LogP contribution in [-0.2, 0) is 0 Å². The molecule has 1 aliphatic rings. The van der Waals surface area contributed by atoms with E-state index in [0.717, 1.165) is 16.2 Å². The average Bonchev–Trinajstić information content (AvgIpc) is 3.22. The Bertz CT molecular complexity index is 1180. The standard InChI is InChI=1S/C22H19FN4O3/c1-12(19-11-24-27(13(19)2)16-7-5-15(23)6-8-16)25-20(28)14-4-9-17-18(10-14)22(30)26(3)21(17)29/h4-12H,1-3H3,(H,25,28). The molecule has 1 aliphatic heterocycles. The molecular weight excluding hydrogens is 387 g/mol. The summed E-state index contributed by atoms with van der Waals surface area (Å²) in [5.74, 6) is -1.49. The smallest absolute Gasteiger partial charge is 0.261 e. The Morgan fingerprint density at radius 2 is 1.73 bits per heavy atom. The van der Waals surface area contributed by atoms with Gasteiger partial charge in [0.1, 0.15) is 5.82 Å². The Kier molecular flexibility index (Phi) is 4.69. The number of rotatable bonds is 4. The van der Waals surface area contributed by atoms with Crippen LogP contribution in [0.1, 0.15) is 55.3 Å². The summed E-state index contributed by atoms with van der Waals surface area (Å²) in [4.78, 5) is 37.9. The minimum absolute atomic E-state index is 0.225. The van der Waals surface area contributed by atoms with Crippen molar-refractivity contribution in [1.82, 2.24) is 20.0 Å². The molecule has 30 heavy (non-hydrogen) atoms. The zero-order valence-electron chi connectivity index (χ0n) is 16.6.